The fourth-order valence-electron chi connectivity index (χ4n) is 2.16. The van der Waals surface area contributed by atoms with Gasteiger partial charge in [0.1, 0.15) is 12.4 Å². The first-order valence-corrected chi connectivity index (χ1v) is 7.89. The van der Waals surface area contributed by atoms with Crippen LogP contribution in [0.2, 0.25) is 5.02 Å². The lowest BCUT2D eigenvalue weighted by Gasteiger charge is -2.10. The van der Waals surface area contributed by atoms with E-state index in [1.165, 1.54) is 32.4 Å². The lowest BCUT2D eigenvalue weighted by molar-refractivity contribution is -0.307. The summed E-state index contributed by atoms with van der Waals surface area (Å²) in [6.07, 6.45) is 3.01. The Bertz CT molecular complexity index is 827. The van der Waals surface area contributed by atoms with Crippen molar-refractivity contribution in [3.05, 3.63) is 58.6 Å². The molecule has 2 aromatic rings. The van der Waals surface area contributed by atoms with Crippen molar-refractivity contribution < 1.29 is 28.9 Å². The highest BCUT2D eigenvalue weighted by Gasteiger charge is 2.10. The molecule has 7 heteroatoms. The zero-order chi connectivity index (χ0) is 19.1. The maximum atomic E-state index is 12.2. The number of carbonyl (C=O) groups excluding carboxylic acids is 2. The van der Waals surface area contributed by atoms with Crippen LogP contribution >= 0.6 is 11.6 Å². The van der Waals surface area contributed by atoms with Crippen molar-refractivity contribution in [2.75, 3.05) is 20.8 Å². The van der Waals surface area contributed by atoms with Crippen LogP contribution in [0.1, 0.15) is 15.9 Å². The first kappa shape index (κ1) is 19.3. The maximum Gasteiger partial charge on any atom is 0.185 e. The van der Waals surface area contributed by atoms with Gasteiger partial charge in [0, 0.05) is 5.56 Å². The molecule has 0 spiro atoms. The van der Waals surface area contributed by atoms with E-state index in [2.05, 4.69) is 0 Å². The Morgan fingerprint density at radius 2 is 1.81 bits per heavy atom. The van der Waals surface area contributed by atoms with Crippen molar-refractivity contribution in [2.24, 2.45) is 0 Å². The highest BCUT2D eigenvalue weighted by molar-refractivity contribution is 6.32. The number of carboxylic acid groups (broad SMARTS) is 1. The topological polar surface area (TPSA) is 84.9 Å². The van der Waals surface area contributed by atoms with Crippen molar-refractivity contribution in [3.63, 3.8) is 0 Å². The number of rotatable bonds is 8. The average molecular weight is 376 g/mol. The molecule has 0 N–H and O–H groups in total. The lowest BCUT2D eigenvalue weighted by atomic mass is 10.1. The third-order valence-corrected chi connectivity index (χ3v) is 3.66. The van der Waals surface area contributed by atoms with Gasteiger partial charge in [0.2, 0.25) is 0 Å². The standard InChI is InChI=1S/C19H17ClO6/c1-24-17-10-12(9-15(20)19(17)25-2)3-8-16(21)13-4-6-14(7-5-13)26-11-18(22)23/h3-10H,11H2,1-2H3,(H,22,23)/p-1/b8-3+. The van der Waals surface area contributed by atoms with Crippen LogP contribution in [-0.2, 0) is 4.79 Å². The van der Waals surface area contributed by atoms with Crippen molar-refractivity contribution in [2.45, 2.75) is 0 Å². The van der Waals surface area contributed by atoms with Gasteiger partial charge < -0.3 is 24.1 Å². The minimum Gasteiger partial charge on any atom is -0.546 e. The molecule has 2 rings (SSSR count). The summed E-state index contributed by atoms with van der Waals surface area (Å²) in [5.41, 5.74) is 1.10. The molecule has 0 atom stereocenters. The van der Waals surface area contributed by atoms with Gasteiger partial charge >= 0.3 is 0 Å². The molecule has 136 valence electrons. The third kappa shape index (κ3) is 5.00. The number of hydrogen-bond donors (Lipinski definition) is 0. The Labute approximate surface area is 155 Å². The van der Waals surface area contributed by atoms with Gasteiger partial charge in [-0.3, -0.25) is 4.79 Å². The number of ketones is 1. The Morgan fingerprint density at radius 3 is 2.38 bits per heavy atom. The number of benzene rings is 2. The number of halogens is 1. The smallest absolute Gasteiger partial charge is 0.185 e. The lowest BCUT2D eigenvalue weighted by Crippen LogP contribution is -2.28. The fraction of sp³-hybridized carbons (Fsp3) is 0.158. The molecule has 0 saturated carbocycles. The summed E-state index contributed by atoms with van der Waals surface area (Å²) in [7, 11) is 2.99. The first-order chi connectivity index (χ1) is 12.4. The molecule has 0 heterocycles. The van der Waals surface area contributed by atoms with Crippen LogP contribution in [0.25, 0.3) is 6.08 Å². The second-order valence-electron chi connectivity index (χ2n) is 5.12. The van der Waals surface area contributed by atoms with E-state index >= 15 is 0 Å². The van der Waals surface area contributed by atoms with E-state index in [9.17, 15) is 14.7 Å². The van der Waals surface area contributed by atoms with Crippen LogP contribution in [0.5, 0.6) is 17.2 Å². The second kappa shape index (κ2) is 8.92. The number of ether oxygens (including phenoxy) is 3. The number of allylic oxidation sites excluding steroid dienone is 1. The summed E-state index contributed by atoms with van der Waals surface area (Å²) in [6, 6.07) is 9.46. The zero-order valence-electron chi connectivity index (χ0n) is 14.2. The Kier molecular flexibility index (Phi) is 6.63. The number of methoxy groups -OCH3 is 2. The van der Waals surface area contributed by atoms with Gasteiger partial charge in [-0.2, -0.15) is 0 Å². The molecule has 0 radical (unpaired) electrons. The van der Waals surface area contributed by atoms with Crippen LogP contribution in [0.4, 0.5) is 0 Å². The maximum absolute atomic E-state index is 12.2. The summed E-state index contributed by atoms with van der Waals surface area (Å²) in [6.45, 7) is -0.548. The molecule has 0 aliphatic heterocycles. The predicted molar refractivity (Wildman–Crippen MR) is 94.9 cm³/mol. The SMILES string of the molecule is COc1cc(/C=C/C(=O)c2ccc(OCC(=O)[O-])cc2)cc(Cl)c1OC. The summed E-state index contributed by atoms with van der Waals surface area (Å²) in [5, 5.41) is 10.7. The van der Waals surface area contributed by atoms with Crippen molar-refractivity contribution >= 4 is 29.4 Å². The van der Waals surface area contributed by atoms with Crippen LogP contribution in [-0.4, -0.2) is 32.6 Å². The molecule has 0 amide bonds. The molecule has 0 aliphatic rings. The molecule has 0 aromatic heterocycles. The molecular formula is C19H16ClO6-. The third-order valence-electron chi connectivity index (χ3n) is 3.38. The second-order valence-corrected chi connectivity index (χ2v) is 5.53. The molecule has 0 saturated heterocycles. The highest BCUT2D eigenvalue weighted by atomic mass is 35.5. The van der Waals surface area contributed by atoms with Crippen LogP contribution in [0.15, 0.2) is 42.5 Å². The quantitative estimate of drug-likeness (QED) is 0.520. The Hall–Kier alpha value is -2.99. The fourth-order valence-corrected chi connectivity index (χ4v) is 2.46. The highest BCUT2D eigenvalue weighted by Crippen LogP contribution is 2.36. The minimum absolute atomic E-state index is 0.234. The minimum atomic E-state index is -1.32. The van der Waals surface area contributed by atoms with Crippen molar-refractivity contribution in [1.29, 1.82) is 0 Å². The van der Waals surface area contributed by atoms with Gasteiger partial charge in [-0.1, -0.05) is 17.7 Å². The van der Waals surface area contributed by atoms with E-state index in [1.807, 2.05) is 0 Å². The summed E-state index contributed by atoms with van der Waals surface area (Å²) < 4.78 is 15.3. The monoisotopic (exact) mass is 375 g/mol. The zero-order valence-corrected chi connectivity index (χ0v) is 14.9. The predicted octanol–water partition coefficient (Wildman–Crippen LogP) is 2.38. The van der Waals surface area contributed by atoms with E-state index in [1.54, 1.807) is 30.3 Å². The van der Waals surface area contributed by atoms with Crippen molar-refractivity contribution in [1.82, 2.24) is 0 Å². The molecule has 2 aromatic carbocycles. The molecule has 6 nitrogen and oxygen atoms in total. The summed E-state index contributed by atoms with van der Waals surface area (Å²) in [4.78, 5) is 22.6. The molecule has 0 unspecified atom stereocenters. The van der Waals surface area contributed by atoms with Crippen molar-refractivity contribution in [3.8, 4) is 17.2 Å². The summed E-state index contributed by atoms with van der Waals surface area (Å²) in [5.74, 6) is -0.336. The van der Waals surface area contributed by atoms with Crippen LogP contribution < -0.4 is 19.3 Å². The number of hydrogen-bond acceptors (Lipinski definition) is 6. The average Bonchev–Trinajstić information content (AvgIpc) is 2.64. The molecular weight excluding hydrogens is 360 g/mol. The van der Waals surface area contributed by atoms with E-state index in [4.69, 9.17) is 25.8 Å². The van der Waals surface area contributed by atoms with Gasteiger partial charge in [0.05, 0.1) is 25.2 Å². The normalized spacial score (nSPS) is 10.6. The Morgan fingerprint density at radius 1 is 1.12 bits per heavy atom. The molecule has 0 bridgehead atoms. The van der Waals surface area contributed by atoms with Gasteiger partial charge in [-0.25, -0.2) is 0 Å². The van der Waals surface area contributed by atoms with E-state index in [-0.39, 0.29) is 5.78 Å². The number of carboxylic acids is 1. The molecule has 26 heavy (non-hydrogen) atoms. The van der Waals surface area contributed by atoms with E-state index in [0.29, 0.717) is 33.4 Å². The first-order valence-electron chi connectivity index (χ1n) is 7.51. The van der Waals surface area contributed by atoms with Gasteiger partial charge in [-0.05, 0) is 48.0 Å². The largest absolute Gasteiger partial charge is 0.546 e. The molecule has 0 fully saturated rings. The van der Waals surface area contributed by atoms with E-state index < -0.39 is 12.6 Å². The number of aliphatic carboxylic acids is 1. The van der Waals surface area contributed by atoms with Gasteiger partial charge in [-0.15, -0.1) is 0 Å². The molecule has 0 aliphatic carbocycles. The Balaban J connectivity index is 2.11. The van der Waals surface area contributed by atoms with Crippen LogP contribution in [0, 0.1) is 0 Å². The van der Waals surface area contributed by atoms with Gasteiger partial charge in [0.25, 0.3) is 0 Å². The summed E-state index contributed by atoms with van der Waals surface area (Å²) >= 11 is 6.13. The van der Waals surface area contributed by atoms with E-state index in [0.717, 1.165) is 0 Å². The van der Waals surface area contributed by atoms with Gasteiger partial charge in [0.15, 0.2) is 17.3 Å². The number of carbonyl (C=O) groups is 2. The van der Waals surface area contributed by atoms with Crippen LogP contribution in [0.3, 0.4) is 0 Å².